The monoisotopic (exact) mass is 350 g/mol. The second-order valence-electron chi connectivity index (χ2n) is 4.41. The van der Waals surface area contributed by atoms with Crippen molar-refractivity contribution in [3.05, 3.63) is 41.6 Å². The number of hydrogen-bond acceptors (Lipinski definition) is 6. The minimum atomic E-state index is -0.140. The Labute approximate surface area is 139 Å². The summed E-state index contributed by atoms with van der Waals surface area (Å²) >= 11 is 8.65. The first kappa shape index (κ1) is 15.1. The van der Waals surface area contributed by atoms with Crippen LogP contribution in [-0.2, 0) is 4.79 Å². The molecular weight excluding hydrogens is 340 g/mol. The first-order valence-electron chi connectivity index (χ1n) is 6.30. The molecule has 0 atom stereocenters. The summed E-state index contributed by atoms with van der Waals surface area (Å²) in [5, 5.41) is 3.24. The highest BCUT2D eigenvalue weighted by atomic mass is 35.5. The molecule has 1 aromatic carbocycles. The summed E-state index contributed by atoms with van der Waals surface area (Å²) in [6.45, 7) is 0. The Hall–Kier alpha value is -1.83. The van der Waals surface area contributed by atoms with Gasteiger partial charge < -0.3 is 11.1 Å². The molecule has 0 spiro atoms. The number of thioether (sulfide) groups is 1. The van der Waals surface area contributed by atoms with Crippen LogP contribution >= 0.6 is 34.7 Å². The number of rotatable bonds is 4. The SMILES string of the molecule is Nc1ccc2nc(SCC(=O)Nc3ccc(Cl)cn3)sc2c1. The molecule has 5 nitrogen and oxygen atoms in total. The Bertz CT molecular complexity index is 819. The molecule has 3 aromatic rings. The molecule has 0 aliphatic heterocycles. The average molecular weight is 351 g/mol. The molecule has 2 heterocycles. The van der Waals surface area contributed by atoms with E-state index in [-0.39, 0.29) is 11.7 Å². The summed E-state index contributed by atoms with van der Waals surface area (Å²) in [6.07, 6.45) is 1.49. The van der Waals surface area contributed by atoms with Gasteiger partial charge in [0.15, 0.2) is 4.34 Å². The highest BCUT2D eigenvalue weighted by Crippen LogP contribution is 2.30. The molecule has 0 fully saturated rings. The van der Waals surface area contributed by atoms with Gasteiger partial charge in [-0.2, -0.15) is 0 Å². The first-order chi connectivity index (χ1) is 10.6. The van der Waals surface area contributed by atoms with Gasteiger partial charge in [0.05, 0.1) is 21.0 Å². The third-order valence-electron chi connectivity index (χ3n) is 2.71. The van der Waals surface area contributed by atoms with Gasteiger partial charge >= 0.3 is 0 Å². The van der Waals surface area contributed by atoms with Crippen LogP contribution in [0.3, 0.4) is 0 Å². The highest BCUT2D eigenvalue weighted by Gasteiger charge is 2.09. The zero-order valence-electron chi connectivity index (χ0n) is 11.2. The Morgan fingerprint density at radius 2 is 2.23 bits per heavy atom. The molecule has 22 heavy (non-hydrogen) atoms. The van der Waals surface area contributed by atoms with Crippen LogP contribution in [0.2, 0.25) is 5.02 Å². The molecule has 0 aliphatic carbocycles. The molecular formula is C14H11ClN4OS2. The summed E-state index contributed by atoms with van der Waals surface area (Å²) in [5.74, 6) is 0.602. The number of nitrogens with two attached hydrogens (primary N) is 1. The fraction of sp³-hybridized carbons (Fsp3) is 0.0714. The van der Waals surface area contributed by atoms with E-state index in [1.54, 1.807) is 12.1 Å². The van der Waals surface area contributed by atoms with E-state index in [0.717, 1.165) is 14.6 Å². The quantitative estimate of drug-likeness (QED) is 0.554. The van der Waals surface area contributed by atoms with Crippen molar-refractivity contribution in [1.82, 2.24) is 9.97 Å². The molecule has 2 aromatic heterocycles. The van der Waals surface area contributed by atoms with E-state index in [9.17, 15) is 4.79 Å². The lowest BCUT2D eigenvalue weighted by Crippen LogP contribution is -2.14. The van der Waals surface area contributed by atoms with Gasteiger partial charge in [-0.3, -0.25) is 4.79 Å². The number of nitrogen functional groups attached to an aromatic ring is 1. The molecule has 0 saturated heterocycles. The number of benzene rings is 1. The third kappa shape index (κ3) is 3.68. The second kappa shape index (κ2) is 6.51. The van der Waals surface area contributed by atoms with Crippen molar-refractivity contribution in [3.63, 3.8) is 0 Å². The van der Waals surface area contributed by atoms with Gasteiger partial charge in [-0.05, 0) is 30.3 Å². The van der Waals surface area contributed by atoms with E-state index in [1.165, 1.54) is 29.3 Å². The molecule has 8 heteroatoms. The maximum Gasteiger partial charge on any atom is 0.235 e. The standard InChI is InChI=1S/C14H11ClN4OS2/c15-8-1-4-12(17-6-8)19-13(20)7-21-14-18-10-3-2-9(16)5-11(10)22-14/h1-6H,7,16H2,(H,17,19,20). The molecule has 0 aliphatic rings. The fourth-order valence-corrected chi connectivity index (χ4v) is 3.77. The van der Waals surface area contributed by atoms with Crippen LogP contribution in [0.5, 0.6) is 0 Å². The largest absolute Gasteiger partial charge is 0.399 e. The number of anilines is 2. The Kier molecular flexibility index (Phi) is 4.47. The number of nitrogens with zero attached hydrogens (tertiary/aromatic N) is 2. The summed E-state index contributed by atoms with van der Waals surface area (Å²) in [4.78, 5) is 20.4. The van der Waals surface area contributed by atoms with Gasteiger partial charge in [0.1, 0.15) is 5.82 Å². The number of fused-ring (bicyclic) bond motifs is 1. The van der Waals surface area contributed by atoms with Crippen LogP contribution in [0, 0.1) is 0 Å². The molecule has 0 bridgehead atoms. The molecule has 112 valence electrons. The van der Waals surface area contributed by atoms with E-state index in [2.05, 4.69) is 15.3 Å². The lowest BCUT2D eigenvalue weighted by molar-refractivity contribution is -0.113. The smallest absolute Gasteiger partial charge is 0.235 e. The Morgan fingerprint density at radius 3 is 3.00 bits per heavy atom. The van der Waals surface area contributed by atoms with Crippen molar-refractivity contribution < 1.29 is 4.79 Å². The minimum absolute atomic E-state index is 0.140. The molecule has 0 saturated carbocycles. The maximum atomic E-state index is 11.9. The van der Waals surface area contributed by atoms with Crippen molar-refractivity contribution in [1.29, 1.82) is 0 Å². The molecule has 3 N–H and O–H groups in total. The Morgan fingerprint density at radius 1 is 1.36 bits per heavy atom. The molecule has 3 rings (SSSR count). The number of thiazole rings is 1. The fourth-order valence-electron chi connectivity index (χ4n) is 1.74. The number of amides is 1. The maximum absolute atomic E-state index is 11.9. The third-order valence-corrected chi connectivity index (χ3v) is 5.10. The summed E-state index contributed by atoms with van der Waals surface area (Å²) in [6, 6.07) is 8.91. The van der Waals surface area contributed by atoms with Crippen molar-refractivity contribution in [2.45, 2.75) is 4.34 Å². The van der Waals surface area contributed by atoms with Gasteiger partial charge in [-0.1, -0.05) is 23.4 Å². The number of aromatic nitrogens is 2. The topological polar surface area (TPSA) is 80.9 Å². The lowest BCUT2D eigenvalue weighted by Gasteiger charge is -2.02. The zero-order valence-corrected chi connectivity index (χ0v) is 13.6. The normalized spacial score (nSPS) is 10.8. The van der Waals surface area contributed by atoms with Gasteiger partial charge in [0.2, 0.25) is 5.91 Å². The number of hydrogen-bond donors (Lipinski definition) is 2. The molecule has 1 amide bonds. The molecule has 0 radical (unpaired) electrons. The van der Waals surface area contributed by atoms with Gasteiger partial charge in [0.25, 0.3) is 0 Å². The van der Waals surface area contributed by atoms with Crippen molar-refractivity contribution >= 4 is 62.3 Å². The summed E-state index contributed by atoms with van der Waals surface area (Å²) < 4.78 is 1.85. The number of halogens is 1. The predicted molar refractivity (Wildman–Crippen MR) is 92.6 cm³/mol. The summed E-state index contributed by atoms with van der Waals surface area (Å²) in [5.41, 5.74) is 7.34. The number of carbonyl (C=O) groups excluding carboxylic acids is 1. The van der Waals surface area contributed by atoms with E-state index in [0.29, 0.717) is 16.5 Å². The van der Waals surface area contributed by atoms with Crippen LogP contribution in [-0.4, -0.2) is 21.6 Å². The van der Waals surface area contributed by atoms with Crippen LogP contribution in [0.15, 0.2) is 40.9 Å². The van der Waals surface area contributed by atoms with Crippen molar-refractivity contribution in [3.8, 4) is 0 Å². The van der Waals surface area contributed by atoms with Crippen LogP contribution in [0.4, 0.5) is 11.5 Å². The second-order valence-corrected chi connectivity index (χ2v) is 7.09. The van der Waals surface area contributed by atoms with Crippen molar-refractivity contribution in [2.75, 3.05) is 16.8 Å². The van der Waals surface area contributed by atoms with Crippen LogP contribution in [0.1, 0.15) is 0 Å². The molecule has 0 unspecified atom stereocenters. The van der Waals surface area contributed by atoms with Gasteiger partial charge in [-0.25, -0.2) is 9.97 Å². The van der Waals surface area contributed by atoms with E-state index in [1.807, 2.05) is 18.2 Å². The van der Waals surface area contributed by atoms with Gasteiger partial charge in [-0.15, -0.1) is 11.3 Å². The zero-order chi connectivity index (χ0) is 15.5. The van der Waals surface area contributed by atoms with Crippen LogP contribution < -0.4 is 11.1 Å². The predicted octanol–water partition coefficient (Wildman–Crippen LogP) is 3.66. The number of pyridine rings is 1. The Balaban J connectivity index is 1.61. The van der Waals surface area contributed by atoms with Crippen LogP contribution in [0.25, 0.3) is 10.2 Å². The van der Waals surface area contributed by atoms with E-state index >= 15 is 0 Å². The minimum Gasteiger partial charge on any atom is -0.399 e. The number of nitrogens with one attached hydrogen (secondary N) is 1. The average Bonchev–Trinajstić information content (AvgIpc) is 2.89. The van der Waals surface area contributed by atoms with Crippen molar-refractivity contribution in [2.24, 2.45) is 0 Å². The lowest BCUT2D eigenvalue weighted by atomic mass is 10.3. The number of carbonyl (C=O) groups is 1. The van der Waals surface area contributed by atoms with E-state index < -0.39 is 0 Å². The highest BCUT2D eigenvalue weighted by molar-refractivity contribution is 8.01. The summed E-state index contributed by atoms with van der Waals surface area (Å²) in [7, 11) is 0. The first-order valence-corrected chi connectivity index (χ1v) is 8.48. The van der Waals surface area contributed by atoms with Gasteiger partial charge in [0, 0.05) is 11.9 Å². The van der Waals surface area contributed by atoms with E-state index in [4.69, 9.17) is 17.3 Å².